The molecule has 2 rings (SSSR count). The quantitative estimate of drug-likeness (QED) is 0.765. The van der Waals surface area contributed by atoms with Crippen LogP contribution in [0, 0.1) is 0 Å². The summed E-state index contributed by atoms with van der Waals surface area (Å²) >= 11 is 1.68. The van der Waals surface area contributed by atoms with Crippen LogP contribution in [0.3, 0.4) is 0 Å². The van der Waals surface area contributed by atoms with Gasteiger partial charge in [-0.3, -0.25) is 0 Å². The molecule has 1 aromatic carbocycles. The van der Waals surface area contributed by atoms with E-state index in [1.54, 1.807) is 11.3 Å². The van der Waals surface area contributed by atoms with Crippen molar-refractivity contribution >= 4 is 11.3 Å². The smallest absolute Gasteiger partial charge is 0.119 e. The molecule has 0 bridgehead atoms. The molecule has 1 N–H and O–H groups in total. The van der Waals surface area contributed by atoms with E-state index in [0.717, 1.165) is 36.9 Å². The normalized spacial score (nSPS) is 10.4. The first-order valence-electron chi connectivity index (χ1n) is 5.72. The number of benzene rings is 1. The third-order valence-electron chi connectivity index (χ3n) is 2.27. The summed E-state index contributed by atoms with van der Waals surface area (Å²) in [6.45, 7) is 2.55. The molecule has 0 amide bonds. The minimum atomic E-state index is 0.745. The van der Waals surface area contributed by atoms with Gasteiger partial charge < -0.3 is 10.1 Å². The minimum Gasteiger partial charge on any atom is -0.494 e. The first kappa shape index (κ1) is 12.1. The average molecular weight is 248 g/mol. The van der Waals surface area contributed by atoms with Gasteiger partial charge in [-0.05, 0) is 25.1 Å². The summed E-state index contributed by atoms with van der Waals surface area (Å²) in [6, 6.07) is 9.90. The topological polar surface area (TPSA) is 34.1 Å². The molecule has 0 atom stereocenters. The summed E-state index contributed by atoms with van der Waals surface area (Å²) in [5.41, 5.74) is 0. The predicted octanol–water partition coefficient (Wildman–Crippen LogP) is 2.70. The second-order valence-corrected chi connectivity index (χ2v) is 4.60. The van der Waals surface area contributed by atoms with Crippen molar-refractivity contribution in [2.75, 3.05) is 13.2 Å². The molecule has 0 fully saturated rings. The SMILES string of the molecule is c1ccc(OCCCNCc2nccs2)cc1. The molecule has 0 aliphatic rings. The summed E-state index contributed by atoms with van der Waals surface area (Å²) < 4.78 is 5.59. The Kier molecular flexibility index (Phi) is 5.00. The lowest BCUT2D eigenvalue weighted by Gasteiger charge is -2.06. The Morgan fingerprint density at radius 2 is 2.12 bits per heavy atom. The zero-order valence-electron chi connectivity index (χ0n) is 9.63. The van der Waals surface area contributed by atoms with Crippen LogP contribution in [0.25, 0.3) is 0 Å². The second-order valence-electron chi connectivity index (χ2n) is 3.62. The highest BCUT2D eigenvalue weighted by atomic mass is 32.1. The van der Waals surface area contributed by atoms with Gasteiger partial charge in [0.15, 0.2) is 0 Å². The molecule has 0 saturated heterocycles. The van der Waals surface area contributed by atoms with Crippen LogP contribution in [0.5, 0.6) is 5.75 Å². The minimum absolute atomic E-state index is 0.745. The lowest BCUT2D eigenvalue weighted by molar-refractivity contribution is 0.308. The number of nitrogens with one attached hydrogen (secondary N) is 1. The first-order chi connectivity index (χ1) is 8.45. The maximum atomic E-state index is 5.59. The number of ether oxygens (including phenoxy) is 1. The molecule has 3 nitrogen and oxygen atoms in total. The number of nitrogens with zero attached hydrogens (tertiary/aromatic N) is 1. The highest BCUT2D eigenvalue weighted by Crippen LogP contribution is 2.08. The number of para-hydroxylation sites is 1. The van der Waals surface area contributed by atoms with Crippen molar-refractivity contribution in [2.45, 2.75) is 13.0 Å². The van der Waals surface area contributed by atoms with Crippen LogP contribution in [-0.2, 0) is 6.54 Å². The number of hydrogen-bond donors (Lipinski definition) is 1. The highest BCUT2D eigenvalue weighted by molar-refractivity contribution is 7.09. The molecule has 0 unspecified atom stereocenters. The second kappa shape index (κ2) is 7.04. The van der Waals surface area contributed by atoms with Gasteiger partial charge in [0.25, 0.3) is 0 Å². The summed E-state index contributed by atoms with van der Waals surface area (Å²) in [7, 11) is 0. The van der Waals surface area contributed by atoms with Crippen LogP contribution >= 0.6 is 11.3 Å². The van der Waals surface area contributed by atoms with Crippen molar-refractivity contribution in [1.82, 2.24) is 10.3 Å². The van der Waals surface area contributed by atoms with Crippen LogP contribution in [0.2, 0.25) is 0 Å². The van der Waals surface area contributed by atoms with Crippen molar-refractivity contribution in [3.05, 3.63) is 46.9 Å². The number of aromatic nitrogens is 1. The molecule has 0 aliphatic carbocycles. The van der Waals surface area contributed by atoms with Crippen LogP contribution in [0.4, 0.5) is 0 Å². The van der Waals surface area contributed by atoms with Crippen molar-refractivity contribution in [2.24, 2.45) is 0 Å². The molecule has 90 valence electrons. The fourth-order valence-corrected chi connectivity index (χ4v) is 2.03. The fourth-order valence-electron chi connectivity index (χ4n) is 1.44. The van der Waals surface area contributed by atoms with Gasteiger partial charge in [0, 0.05) is 18.1 Å². The van der Waals surface area contributed by atoms with E-state index in [1.807, 2.05) is 41.9 Å². The highest BCUT2D eigenvalue weighted by Gasteiger charge is 1.95. The predicted molar refractivity (Wildman–Crippen MR) is 70.4 cm³/mol. The van der Waals surface area contributed by atoms with E-state index in [4.69, 9.17) is 4.74 Å². The monoisotopic (exact) mass is 248 g/mol. The Bertz CT molecular complexity index is 403. The van der Waals surface area contributed by atoms with E-state index in [9.17, 15) is 0 Å². The molecule has 0 saturated carbocycles. The summed E-state index contributed by atoms with van der Waals surface area (Å²) in [5.74, 6) is 0.937. The average Bonchev–Trinajstić information content (AvgIpc) is 2.88. The van der Waals surface area contributed by atoms with Gasteiger partial charge in [-0.2, -0.15) is 0 Å². The number of thiazole rings is 1. The molecule has 1 heterocycles. The van der Waals surface area contributed by atoms with E-state index in [0.29, 0.717) is 0 Å². The van der Waals surface area contributed by atoms with Gasteiger partial charge in [-0.15, -0.1) is 11.3 Å². The Labute approximate surface area is 105 Å². The maximum Gasteiger partial charge on any atom is 0.119 e. The Morgan fingerprint density at radius 3 is 2.88 bits per heavy atom. The third kappa shape index (κ3) is 4.54. The molecule has 4 heteroatoms. The summed E-state index contributed by atoms with van der Waals surface area (Å²) in [6.07, 6.45) is 2.83. The summed E-state index contributed by atoms with van der Waals surface area (Å²) in [4.78, 5) is 4.21. The van der Waals surface area contributed by atoms with E-state index in [2.05, 4.69) is 10.3 Å². The van der Waals surface area contributed by atoms with Gasteiger partial charge in [0.2, 0.25) is 0 Å². The zero-order chi connectivity index (χ0) is 11.8. The molecule has 2 aromatic rings. The Balaban J connectivity index is 1.52. The van der Waals surface area contributed by atoms with E-state index in [-0.39, 0.29) is 0 Å². The van der Waals surface area contributed by atoms with Gasteiger partial charge in [0.1, 0.15) is 10.8 Å². The van der Waals surface area contributed by atoms with E-state index in [1.165, 1.54) is 0 Å². The third-order valence-corrected chi connectivity index (χ3v) is 3.05. The lowest BCUT2D eigenvalue weighted by atomic mass is 10.3. The molecule has 0 spiro atoms. The van der Waals surface area contributed by atoms with Gasteiger partial charge in [-0.25, -0.2) is 4.98 Å². The standard InChI is InChI=1S/C13H16N2OS/c1-2-5-12(6-3-1)16-9-4-7-14-11-13-15-8-10-17-13/h1-3,5-6,8,10,14H,4,7,9,11H2. The van der Waals surface area contributed by atoms with Crippen LogP contribution in [0.1, 0.15) is 11.4 Å². The molecule has 0 aliphatic heterocycles. The lowest BCUT2D eigenvalue weighted by Crippen LogP contribution is -2.16. The van der Waals surface area contributed by atoms with Crippen LogP contribution in [-0.4, -0.2) is 18.1 Å². The van der Waals surface area contributed by atoms with Crippen molar-refractivity contribution in [3.63, 3.8) is 0 Å². The van der Waals surface area contributed by atoms with Gasteiger partial charge in [-0.1, -0.05) is 18.2 Å². The fraction of sp³-hybridized carbons (Fsp3) is 0.308. The van der Waals surface area contributed by atoms with E-state index < -0.39 is 0 Å². The zero-order valence-corrected chi connectivity index (χ0v) is 10.5. The van der Waals surface area contributed by atoms with Gasteiger partial charge >= 0.3 is 0 Å². The Hall–Kier alpha value is -1.39. The maximum absolute atomic E-state index is 5.59. The number of hydrogen-bond acceptors (Lipinski definition) is 4. The molecule has 17 heavy (non-hydrogen) atoms. The largest absolute Gasteiger partial charge is 0.494 e. The molecular formula is C13H16N2OS. The number of rotatable bonds is 7. The first-order valence-corrected chi connectivity index (χ1v) is 6.60. The van der Waals surface area contributed by atoms with Crippen molar-refractivity contribution in [1.29, 1.82) is 0 Å². The molecule has 1 aromatic heterocycles. The van der Waals surface area contributed by atoms with Crippen LogP contribution < -0.4 is 10.1 Å². The van der Waals surface area contributed by atoms with Crippen LogP contribution in [0.15, 0.2) is 41.9 Å². The molecule has 0 radical (unpaired) electrons. The molecular weight excluding hydrogens is 232 g/mol. The van der Waals surface area contributed by atoms with Crippen molar-refractivity contribution < 1.29 is 4.74 Å². The van der Waals surface area contributed by atoms with Crippen molar-refractivity contribution in [3.8, 4) is 5.75 Å². The van der Waals surface area contributed by atoms with Gasteiger partial charge in [0.05, 0.1) is 6.61 Å². The van der Waals surface area contributed by atoms with E-state index >= 15 is 0 Å². The summed E-state index contributed by atoms with van der Waals surface area (Å²) in [5, 5.41) is 6.47. The Morgan fingerprint density at radius 1 is 1.24 bits per heavy atom.